The van der Waals surface area contributed by atoms with Crippen molar-refractivity contribution in [3.8, 4) is 0 Å². The highest BCUT2D eigenvalue weighted by Crippen LogP contribution is 2.13. The summed E-state index contributed by atoms with van der Waals surface area (Å²) in [5.41, 5.74) is 1.32. The Morgan fingerprint density at radius 3 is 2.79 bits per heavy atom. The van der Waals surface area contributed by atoms with Crippen molar-refractivity contribution in [1.29, 1.82) is 0 Å². The average molecular weight is 263 g/mol. The Hall–Kier alpha value is -1.39. The Labute approximate surface area is 114 Å². The standard InChI is InChI=1S/C15H21NO3/c1-12-10-16(11-14(19-12)15(17)18-2)9-8-13-6-4-3-5-7-13/h3-7,12,14H,8-11H2,1-2H3/t12-,14+/m1/s1. The molecule has 4 nitrogen and oxygen atoms in total. The second kappa shape index (κ2) is 6.68. The van der Waals surface area contributed by atoms with Crippen LogP contribution < -0.4 is 0 Å². The van der Waals surface area contributed by atoms with Gasteiger partial charge in [-0.05, 0) is 18.9 Å². The second-order valence-corrected chi connectivity index (χ2v) is 4.95. The van der Waals surface area contributed by atoms with E-state index in [1.165, 1.54) is 12.7 Å². The first-order chi connectivity index (χ1) is 9.19. The van der Waals surface area contributed by atoms with Crippen molar-refractivity contribution < 1.29 is 14.3 Å². The second-order valence-electron chi connectivity index (χ2n) is 4.95. The molecule has 0 amide bonds. The lowest BCUT2D eigenvalue weighted by Gasteiger charge is -2.35. The third kappa shape index (κ3) is 4.04. The van der Waals surface area contributed by atoms with Crippen LogP contribution in [0.15, 0.2) is 30.3 Å². The molecule has 0 unspecified atom stereocenters. The van der Waals surface area contributed by atoms with E-state index < -0.39 is 6.10 Å². The third-order valence-corrected chi connectivity index (χ3v) is 3.36. The smallest absolute Gasteiger partial charge is 0.336 e. The Balaban J connectivity index is 1.87. The van der Waals surface area contributed by atoms with Crippen LogP contribution in [0.4, 0.5) is 0 Å². The Morgan fingerprint density at radius 1 is 1.37 bits per heavy atom. The van der Waals surface area contributed by atoms with Crippen LogP contribution in [0.3, 0.4) is 0 Å². The van der Waals surface area contributed by atoms with Gasteiger partial charge in [0.15, 0.2) is 6.10 Å². The monoisotopic (exact) mass is 263 g/mol. The lowest BCUT2D eigenvalue weighted by Crippen LogP contribution is -2.50. The topological polar surface area (TPSA) is 38.8 Å². The van der Waals surface area contributed by atoms with Crippen molar-refractivity contribution >= 4 is 5.97 Å². The summed E-state index contributed by atoms with van der Waals surface area (Å²) >= 11 is 0. The Morgan fingerprint density at radius 2 is 2.11 bits per heavy atom. The molecule has 1 aromatic rings. The fourth-order valence-corrected chi connectivity index (χ4v) is 2.42. The molecule has 104 valence electrons. The maximum Gasteiger partial charge on any atom is 0.336 e. The van der Waals surface area contributed by atoms with Gasteiger partial charge in [0.05, 0.1) is 13.2 Å². The predicted octanol–water partition coefficient (Wildman–Crippen LogP) is 1.49. The summed E-state index contributed by atoms with van der Waals surface area (Å²) in [6, 6.07) is 10.4. The van der Waals surface area contributed by atoms with Gasteiger partial charge >= 0.3 is 5.97 Å². The van der Waals surface area contributed by atoms with Gasteiger partial charge in [-0.1, -0.05) is 30.3 Å². The molecular weight excluding hydrogens is 242 g/mol. The highest BCUT2D eigenvalue weighted by molar-refractivity contribution is 5.74. The van der Waals surface area contributed by atoms with Crippen LogP contribution in [0.1, 0.15) is 12.5 Å². The molecule has 0 N–H and O–H groups in total. The molecule has 2 atom stereocenters. The van der Waals surface area contributed by atoms with E-state index in [1.54, 1.807) is 0 Å². The van der Waals surface area contributed by atoms with E-state index in [4.69, 9.17) is 9.47 Å². The molecule has 1 aliphatic rings. The summed E-state index contributed by atoms with van der Waals surface area (Å²) < 4.78 is 10.4. The average Bonchev–Trinajstić information content (AvgIpc) is 2.45. The molecule has 1 fully saturated rings. The van der Waals surface area contributed by atoms with Crippen molar-refractivity contribution in [3.63, 3.8) is 0 Å². The van der Waals surface area contributed by atoms with Gasteiger partial charge in [0.25, 0.3) is 0 Å². The summed E-state index contributed by atoms with van der Waals surface area (Å²) in [6.07, 6.45) is 0.597. The van der Waals surface area contributed by atoms with Gasteiger partial charge in [0, 0.05) is 19.6 Å². The minimum Gasteiger partial charge on any atom is -0.467 e. The molecule has 1 saturated heterocycles. The summed E-state index contributed by atoms with van der Waals surface area (Å²) in [5.74, 6) is -0.281. The Kier molecular flexibility index (Phi) is 4.93. The predicted molar refractivity (Wildman–Crippen MR) is 72.9 cm³/mol. The normalized spacial score (nSPS) is 24.1. The number of methoxy groups -OCH3 is 1. The van der Waals surface area contributed by atoms with E-state index in [0.29, 0.717) is 6.54 Å². The van der Waals surface area contributed by atoms with Crippen molar-refractivity contribution in [2.75, 3.05) is 26.7 Å². The molecule has 0 bridgehead atoms. The van der Waals surface area contributed by atoms with Gasteiger partial charge in [-0.15, -0.1) is 0 Å². The van der Waals surface area contributed by atoms with Crippen LogP contribution in [-0.2, 0) is 20.7 Å². The van der Waals surface area contributed by atoms with E-state index in [2.05, 4.69) is 29.2 Å². The number of morpholine rings is 1. The summed E-state index contributed by atoms with van der Waals surface area (Å²) in [5, 5.41) is 0. The zero-order chi connectivity index (χ0) is 13.7. The molecule has 1 aliphatic heterocycles. The summed E-state index contributed by atoms with van der Waals surface area (Å²) in [4.78, 5) is 13.8. The van der Waals surface area contributed by atoms with Crippen LogP contribution in [0.25, 0.3) is 0 Å². The maximum absolute atomic E-state index is 11.6. The number of benzene rings is 1. The zero-order valence-electron chi connectivity index (χ0n) is 11.5. The molecule has 1 heterocycles. The molecule has 2 rings (SSSR count). The van der Waals surface area contributed by atoms with E-state index in [1.807, 2.05) is 13.0 Å². The molecule has 19 heavy (non-hydrogen) atoms. The summed E-state index contributed by atoms with van der Waals surface area (Å²) in [7, 11) is 1.40. The van der Waals surface area contributed by atoms with Crippen LogP contribution in [0, 0.1) is 0 Å². The van der Waals surface area contributed by atoms with Gasteiger partial charge in [0.2, 0.25) is 0 Å². The maximum atomic E-state index is 11.6. The van der Waals surface area contributed by atoms with Crippen LogP contribution in [-0.4, -0.2) is 49.8 Å². The lowest BCUT2D eigenvalue weighted by atomic mass is 10.1. The highest BCUT2D eigenvalue weighted by atomic mass is 16.6. The van der Waals surface area contributed by atoms with E-state index in [-0.39, 0.29) is 12.1 Å². The first-order valence-electron chi connectivity index (χ1n) is 6.68. The minimum atomic E-state index is -0.454. The number of ether oxygens (including phenoxy) is 2. The van der Waals surface area contributed by atoms with E-state index in [9.17, 15) is 4.79 Å². The number of carbonyl (C=O) groups excluding carboxylic acids is 1. The molecule has 0 aliphatic carbocycles. The van der Waals surface area contributed by atoms with Gasteiger partial charge < -0.3 is 9.47 Å². The van der Waals surface area contributed by atoms with Gasteiger partial charge in [-0.3, -0.25) is 4.90 Å². The molecule has 0 aromatic heterocycles. The largest absolute Gasteiger partial charge is 0.467 e. The number of esters is 1. The number of nitrogens with zero attached hydrogens (tertiary/aromatic N) is 1. The molecule has 1 aromatic carbocycles. The van der Waals surface area contributed by atoms with Gasteiger partial charge in [-0.2, -0.15) is 0 Å². The van der Waals surface area contributed by atoms with Crippen LogP contribution >= 0.6 is 0 Å². The Bertz CT molecular complexity index is 407. The van der Waals surface area contributed by atoms with Crippen LogP contribution in [0.2, 0.25) is 0 Å². The van der Waals surface area contributed by atoms with Gasteiger partial charge in [-0.25, -0.2) is 4.79 Å². The van der Waals surface area contributed by atoms with Crippen molar-refractivity contribution in [2.45, 2.75) is 25.6 Å². The number of hydrogen-bond donors (Lipinski definition) is 0. The molecular formula is C15H21NO3. The first kappa shape index (κ1) is 14.0. The van der Waals surface area contributed by atoms with Gasteiger partial charge in [0.1, 0.15) is 0 Å². The first-order valence-corrected chi connectivity index (χ1v) is 6.68. The fourth-order valence-electron chi connectivity index (χ4n) is 2.42. The lowest BCUT2D eigenvalue weighted by molar-refractivity contribution is -0.166. The van der Waals surface area contributed by atoms with Crippen molar-refractivity contribution in [2.24, 2.45) is 0 Å². The van der Waals surface area contributed by atoms with Crippen LogP contribution in [0.5, 0.6) is 0 Å². The SMILES string of the molecule is COC(=O)[C@@H]1CN(CCc2ccccc2)C[C@@H](C)O1. The van der Waals surface area contributed by atoms with E-state index >= 15 is 0 Å². The van der Waals surface area contributed by atoms with Crippen molar-refractivity contribution in [1.82, 2.24) is 4.90 Å². The quantitative estimate of drug-likeness (QED) is 0.772. The fraction of sp³-hybridized carbons (Fsp3) is 0.533. The molecule has 0 radical (unpaired) electrons. The molecule has 0 spiro atoms. The molecule has 0 saturated carbocycles. The number of hydrogen-bond acceptors (Lipinski definition) is 4. The van der Waals surface area contributed by atoms with E-state index in [0.717, 1.165) is 19.5 Å². The summed E-state index contributed by atoms with van der Waals surface area (Å²) in [6.45, 7) is 4.40. The number of carbonyl (C=O) groups is 1. The minimum absolute atomic E-state index is 0.0635. The third-order valence-electron chi connectivity index (χ3n) is 3.36. The zero-order valence-corrected chi connectivity index (χ0v) is 11.5. The molecule has 4 heteroatoms. The van der Waals surface area contributed by atoms with Crippen molar-refractivity contribution in [3.05, 3.63) is 35.9 Å². The highest BCUT2D eigenvalue weighted by Gasteiger charge is 2.30. The number of rotatable bonds is 4.